The molecule has 2 N–H and O–H groups in total. The second-order valence-electron chi connectivity index (χ2n) is 6.69. The molecule has 0 aromatic heterocycles. The van der Waals surface area contributed by atoms with Gasteiger partial charge in [0.2, 0.25) is 0 Å². The Labute approximate surface area is 134 Å². The van der Waals surface area contributed by atoms with Crippen molar-refractivity contribution in [2.45, 2.75) is 50.7 Å². The van der Waals surface area contributed by atoms with Gasteiger partial charge in [-0.3, -0.25) is 4.99 Å². The maximum Gasteiger partial charge on any atom is 0.191 e. The van der Waals surface area contributed by atoms with Crippen LogP contribution >= 0.6 is 11.8 Å². The lowest BCUT2D eigenvalue weighted by molar-refractivity contribution is 0.138. The van der Waals surface area contributed by atoms with Crippen LogP contribution in [0.4, 0.5) is 0 Å². The van der Waals surface area contributed by atoms with Crippen molar-refractivity contribution in [3.63, 3.8) is 0 Å². The number of methoxy groups -OCH3 is 1. The van der Waals surface area contributed by atoms with E-state index in [4.69, 9.17) is 4.74 Å². The SMILES string of the molecule is CN=C(NCC1(CCOC)CCCC1)NCC(C)(C)SC. The van der Waals surface area contributed by atoms with Crippen LogP contribution in [-0.4, -0.2) is 50.8 Å². The Morgan fingerprint density at radius 1 is 1.29 bits per heavy atom. The first-order valence-electron chi connectivity index (χ1n) is 7.95. The number of hydrogen-bond acceptors (Lipinski definition) is 3. The molecule has 0 spiro atoms. The van der Waals surface area contributed by atoms with Crippen molar-refractivity contribution in [3.05, 3.63) is 0 Å². The van der Waals surface area contributed by atoms with E-state index >= 15 is 0 Å². The fraction of sp³-hybridized carbons (Fsp3) is 0.938. The van der Waals surface area contributed by atoms with Crippen LogP contribution in [0.2, 0.25) is 0 Å². The number of nitrogens with zero attached hydrogens (tertiary/aromatic N) is 1. The van der Waals surface area contributed by atoms with Crippen LogP contribution in [0.15, 0.2) is 4.99 Å². The quantitative estimate of drug-likeness (QED) is 0.534. The summed E-state index contributed by atoms with van der Waals surface area (Å²) in [6.45, 7) is 7.26. The van der Waals surface area contributed by atoms with E-state index in [2.05, 4.69) is 35.7 Å². The van der Waals surface area contributed by atoms with Crippen molar-refractivity contribution in [3.8, 4) is 0 Å². The lowest BCUT2D eigenvalue weighted by Gasteiger charge is -2.30. The number of nitrogens with one attached hydrogen (secondary N) is 2. The molecule has 21 heavy (non-hydrogen) atoms. The highest BCUT2D eigenvalue weighted by molar-refractivity contribution is 7.99. The molecule has 0 heterocycles. The van der Waals surface area contributed by atoms with Gasteiger partial charge in [0.25, 0.3) is 0 Å². The van der Waals surface area contributed by atoms with Gasteiger partial charge in [0.1, 0.15) is 0 Å². The summed E-state index contributed by atoms with van der Waals surface area (Å²) in [6.07, 6.45) is 8.58. The number of guanidine groups is 1. The van der Waals surface area contributed by atoms with Gasteiger partial charge in [0.05, 0.1) is 0 Å². The third-order valence-corrected chi connectivity index (χ3v) is 5.84. The van der Waals surface area contributed by atoms with Crippen molar-refractivity contribution < 1.29 is 4.74 Å². The van der Waals surface area contributed by atoms with E-state index in [9.17, 15) is 0 Å². The number of thioether (sulfide) groups is 1. The molecule has 0 amide bonds. The summed E-state index contributed by atoms with van der Waals surface area (Å²) < 4.78 is 5.51. The Bertz CT molecular complexity index is 325. The van der Waals surface area contributed by atoms with Gasteiger partial charge in [-0.1, -0.05) is 12.8 Å². The van der Waals surface area contributed by atoms with Gasteiger partial charge in [-0.15, -0.1) is 0 Å². The van der Waals surface area contributed by atoms with E-state index in [0.717, 1.165) is 32.1 Å². The molecule has 5 heteroatoms. The molecule has 4 nitrogen and oxygen atoms in total. The van der Waals surface area contributed by atoms with E-state index in [0.29, 0.717) is 5.41 Å². The second-order valence-corrected chi connectivity index (χ2v) is 8.21. The minimum Gasteiger partial charge on any atom is -0.385 e. The standard InChI is InChI=1S/C16H33N3OS/c1-15(2,21-5)12-18-14(17-3)19-13-16(10-11-20-4)8-6-7-9-16/h6-13H2,1-5H3,(H2,17,18,19). The highest BCUT2D eigenvalue weighted by Crippen LogP contribution is 2.40. The molecule has 0 unspecified atom stereocenters. The summed E-state index contributed by atoms with van der Waals surface area (Å²) in [5.41, 5.74) is 0.392. The van der Waals surface area contributed by atoms with Crippen molar-refractivity contribution in [2.24, 2.45) is 10.4 Å². The minimum atomic E-state index is 0.221. The average molecular weight is 316 g/mol. The number of rotatable bonds is 8. The van der Waals surface area contributed by atoms with Crippen LogP contribution in [0.5, 0.6) is 0 Å². The van der Waals surface area contributed by atoms with Crippen molar-refractivity contribution in [2.75, 3.05) is 40.1 Å². The van der Waals surface area contributed by atoms with Crippen LogP contribution in [-0.2, 0) is 4.74 Å². The molecular weight excluding hydrogens is 282 g/mol. The lowest BCUT2D eigenvalue weighted by atomic mass is 9.83. The fourth-order valence-corrected chi connectivity index (χ4v) is 3.04. The maximum atomic E-state index is 5.29. The summed E-state index contributed by atoms with van der Waals surface area (Å²) >= 11 is 1.87. The normalized spacial score (nSPS) is 18.8. The van der Waals surface area contributed by atoms with Crippen LogP contribution in [0, 0.1) is 5.41 Å². The Balaban J connectivity index is 2.45. The highest BCUT2D eigenvalue weighted by atomic mass is 32.2. The zero-order chi connectivity index (χ0) is 15.8. The van der Waals surface area contributed by atoms with E-state index in [1.54, 1.807) is 7.11 Å². The van der Waals surface area contributed by atoms with E-state index in [-0.39, 0.29) is 4.75 Å². The largest absolute Gasteiger partial charge is 0.385 e. The fourth-order valence-electron chi connectivity index (χ4n) is 2.82. The molecule has 124 valence electrons. The molecule has 1 aliphatic carbocycles. The first kappa shape index (κ1) is 18.6. The first-order chi connectivity index (χ1) is 9.97. The van der Waals surface area contributed by atoms with Crippen LogP contribution in [0.25, 0.3) is 0 Å². The molecule has 1 fully saturated rings. The molecule has 1 saturated carbocycles. The number of hydrogen-bond donors (Lipinski definition) is 2. The summed E-state index contributed by atoms with van der Waals surface area (Å²) in [6, 6.07) is 0. The molecule has 1 aliphatic rings. The summed E-state index contributed by atoms with van der Waals surface area (Å²) in [7, 11) is 3.64. The van der Waals surface area contributed by atoms with E-state index in [1.807, 2.05) is 18.8 Å². The van der Waals surface area contributed by atoms with Crippen molar-refractivity contribution in [1.29, 1.82) is 0 Å². The van der Waals surface area contributed by atoms with Gasteiger partial charge in [-0.2, -0.15) is 11.8 Å². The van der Waals surface area contributed by atoms with Gasteiger partial charge >= 0.3 is 0 Å². The molecular formula is C16H33N3OS. The summed E-state index contributed by atoms with van der Waals surface area (Å²) in [5.74, 6) is 0.917. The Kier molecular flexibility index (Phi) is 7.88. The van der Waals surface area contributed by atoms with Crippen molar-refractivity contribution in [1.82, 2.24) is 10.6 Å². The van der Waals surface area contributed by atoms with E-state index < -0.39 is 0 Å². The Morgan fingerprint density at radius 3 is 2.48 bits per heavy atom. The molecule has 0 saturated heterocycles. The van der Waals surface area contributed by atoms with Gasteiger partial charge in [0, 0.05) is 38.6 Å². The molecule has 1 rings (SSSR count). The Morgan fingerprint density at radius 2 is 1.95 bits per heavy atom. The average Bonchev–Trinajstić information content (AvgIpc) is 2.94. The smallest absolute Gasteiger partial charge is 0.191 e. The topological polar surface area (TPSA) is 45.7 Å². The minimum absolute atomic E-state index is 0.221. The monoisotopic (exact) mass is 315 g/mol. The lowest BCUT2D eigenvalue weighted by Crippen LogP contribution is -2.46. The number of aliphatic imine (C=N–C) groups is 1. The highest BCUT2D eigenvalue weighted by Gasteiger charge is 2.33. The second kappa shape index (κ2) is 8.89. The predicted octanol–water partition coefficient (Wildman–Crippen LogP) is 2.89. The molecule has 0 radical (unpaired) electrons. The summed E-state index contributed by atoms with van der Waals surface area (Å²) in [5, 5.41) is 6.98. The molecule has 0 aromatic carbocycles. The van der Waals surface area contributed by atoms with Crippen LogP contribution in [0.3, 0.4) is 0 Å². The molecule has 0 atom stereocenters. The maximum absolute atomic E-state index is 5.29. The van der Waals surface area contributed by atoms with Gasteiger partial charge in [0.15, 0.2) is 5.96 Å². The number of ether oxygens (including phenoxy) is 1. The Hall–Kier alpha value is -0.420. The predicted molar refractivity (Wildman–Crippen MR) is 94.4 cm³/mol. The zero-order valence-corrected chi connectivity index (χ0v) is 15.2. The molecule has 0 aromatic rings. The third kappa shape index (κ3) is 6.47. The molecule has 0 aliphatic heterocycles. The molecule has 0 bridgehead atoms. The third-order valence-electron chi connectivity index (χ3n) is 4.59. The first-order valence-corrected chi connectivity index (χ1v) is 9.18. The zero-order valence-electron chi connectivity index (χ0n) is 14.4. The van der Waals surface area contributed by atoms with Crippen LogP contribution in [0.1, 0.15) is 46.0 Å². The summed E-state index contributed by atoms with van der Waals surface area (Å²) in [4.78, 5) is 4.35. The van der Waals surface area contributed by atoms with Gasteiger partial charge in [-0.25, -0.2) is 0 Å². The van der Waals surface area contributed by atoms with Crippen molar-refractivity contribution >= 4 is 17.7 Å². The van der Waals surface area contributed by atoms with E-state index in [1.165, 1.54) is 25.7 Å². The van der Waals surface area contributed by atoms with Gasteiger partial charge in [-0.05, 0) is 44.8 Å². The van der Waals surface area contributed by atoms with Gasteiger partial charge < -0.3 is 15.4 Å². The van der Waals surface area contributed by atoms with Crippen LogP contribution < -0.4 is 10.6 Å².